The zero-order valence-corrected chi connectivity index (χ0v) is 21.9. The number of carbonyl (C=O) groups is 4. The number of methoxy groups -OCH3 is 1. The number of nitrogens with zero attached hydrogens (tertiary/aromatic N) is 3. The van der Waals surface area contributed by atoms with E-state index in [0.717, 1.165) is 43.9 Å². The number of benzene rings is 1. The Kier molecular flexibility index (Phi) is 8.48. The van der Waals surface area contributed by atoms with Crippen LogP contribution in [-0.4, -0.2) is 91.3 Å². The standard InChI is InChI=1S/C27H37N5O5/c1-28-16-23(34)29-24(18-7-5-4-6-8-18)26(35)31-11-13-32(14-12-31)27(36)25-21(17-33)20-10-9-19(37-3)15-22(20)30(25)2/h9-10,15,17-18,24,28H,4-8,11-14,16H2,1-3H3,(H,29,34). The van der Waals surface area contributed by atoms with E-state index in [4.69, 9.17) is 4.74 Å². The number of aromatic nitrogens is 1. The molecule has 2 heterocycles. The van der Waals surface area contributed by atoms with E-state index in [2.05, 4.69) is 10.6 Å². The third kappa shape index (κ3) is 5.49. The number of hydrogen-bond acceptors (Lipinski definition) is 6. The zero-order chi connectivity index (χ0) is 26.5. The number of amides is 3. The van der Waals surface area contributed by atoms with Crippen molar-refractivity contribution in [3.63, 3.8) is 0 Å². The van der Waals surface area contributed by atoms with Crippen molar-refractivity contribution in [2.75, 3.05) is 46.9 Å². The fraction of sp³-hybridized carbons (Fsp3) is 0.556. The maximum atomic E-state index is 13.5. The van der Waals surface area contributed by atoms with Crippen LogP contribution in [0.2, 0.25) is 0 Å². The van der Waals surface area contributed by atoms with Crippen LogP contribution >= 0.6 is 0 Å². The first kappa shape index (κ1) is 26.7. The molecule has 37 heavy (non-hydrogen) atoms. The molecule has 1 saturated heterocycles. The number of likely N-dealkylation sites (N-methyl/N-ethyl adjacent to an activating group) is 1. The minimum atomic E-state index is -0.543. The second kappa shape index (κ2) is 11.8. The molecule has 2 N–H and O–H groups in total. The monoisotopic (exact) mass is 511 g/mol. The van der Waals surface area contributed by atoms with E-state index in [9.17, 15) is 19.2 Å². The van der Waals surface area contributed by atoms with Gasteiger partial charge in [-0.2, -0.15) is 0 Å². The molecule has 1 aromatic carbocycles. The quantitative estimate of drug-likeness (QED) is 0.521. The lowest BCUT2D eigenvalue weighted by molar-refractivity contribution is -0.139. The summed E-state index contributed by atoms with van der Waals surface area (Å²) >= 11 is 0. The fourth-order valence-electron chi connectivity index (χ4n) is 5.66. The second-order valence-electron chi connectivity index (χ2n) is 9.91. The summed E-state index contributed by atoms with van der Waals surface area (Å²) in [6, 6.07) is 4.83. The van der Waals surface area contributed by atoms with E-state index >= 15 is 0 Å². The molecule has 2 fully saturated rings. The minimum absolute atomic E-state index is 0.0752. The number of fused-ring (bicyclic) bond motifs is 1. The van der Waals surface area contributed by atoms with E-state index in [0.29, 0.717) is 48.6 Å². The van der Waals surface area contributed by atoms with E-state index < -0.39 is 6.04 Å². The highest BCUT2D eigenvalue weighted by molar-refractivity contribution is 6.10. The van der Waals surface area contributed by atoms with Gasteiger partial charge in [-0.05, 0) is 37.9 Å². The van der Waals surface area contributed by atoms with Crippen LogP contribution < -0.4 is 15.4 Å². The summed E-state index contributed by atoms with van der Waals surface area (Å²) in [6.07, 6.45) is 5.87. The largest absolute Gasteiger partial charge is 0.497 e. The summed E-state index contributed by atoms with van der Waals surface area (Å²) < 4.78 is 7.04. The van der Waals surface area contributed by atoms with Crippen LogP contribution in [0.1, 0.15) is 53.0 Å². The van der Waals surface area contributed by atoms with Crippen LogP contribution in [-0.2, 0) is 16.6 Å². The van der Waals surface area contributed by atoms with Gasteiger partial charge in [0.1, 0.15) is 17.5 Å². The lowest BCUT2D eigenvalue weighted by atomic mass is 9.83. The van der Waals surface area contributed by atoms with Crippen molar-refractivity contribution < 1.29 is 23.9 Å². The molecule has 1 aliphatic carbocycles. The number of carbonyl (C=O) groups excluding carboxylic acids is 4. The van der Waals surface area contributed by atoms with Crippen LogP contribution in [0.15, 0.2) is 18.2 Å². The number of hydrogen-bond donors (Lipinski definition) is 2. The molecule has 0 radical (unpaired) electrons. The molecule has 1 aromatic heterocycles. The highest BCUT2D eigenvalue weighted by atomic mass is 16.5. The van der Waals surface area contributed by atoms with Gasteiger partial charge in [0.05, 0.1) is 24.7 Å². The number of aryl methyl sites for hydroxylation is 1. The van der Waals surface area contributed by atoms with Crippen LogP contribution in [0.25, 0.3) is 10.9 Å². The highest BCUT2D eigenvalue weighted by Gasteiger charge is 2.36. The Morgan fingerprint density at radius 1 is 1.08 bits per heavy atom. The SMILES string of the molecule is CNCC(=O)NC(C(=O)N1CCN(C(=O)c2c(C=O)c3ccc(OC)cc3n2C)CC1)C1CCCCC1. The molecule has 10 nitrogen and oxygen atoms in total. The second-order valence-corrected chi connectivity index (χ2v) is 9.91. The maximum absolute atomic E-state index is 13.5. The summed E-state index contributed by atoms with van der Waals surface area (Å²) in [5, 5.41) is 6.51. The lowest BCUT2D eigenvalue weighted by Gasteiger charge is -2.39. The molecule has 3 amide bonds. The van der Waals surface area contributed by atoms with E-state index in [1.165, 1.54) is 0 Å². The molecule has 4 rings (SSSR count). The number of rotatable bonds is 8. The van der Waals surface area contributed by atoms with Crippen molar-refractivity contribution in [1.29, 1.82) is 0 Å². The lowest BCUT2D eigenvalue weighted by Crippen LogP contribution is -2.58. The molecule has 1 unspecified atom stereocenters. The van der Waals surface area contributed by atoms with Gasteiger partial charge in [0.15, 0.2) is 6.29 Å². The van der Waals surface area contributed by atoms with Gasteiger partial charge in [-0.1, -0.05) is 19.3 Å². The van der Waals surface area contributed by atoms with Gasteiger partial charge in [-0.25, -0.2) is 0 Å². The zero-order valence-electron chi connectivity index (χ0n) is 21.9. The molecule has 1 saturated carbocycles. The Hall–Kier alpha value is -3.40. The van der Waals surface area contributed by atoms with Crippen LogP contribution in [0.3, 0.4) is 0 Å². The predicted molar refractivity (Wildman–Crippen MR) is 140 cm³/mol. The molecule has 0 bridgehead atoms. The van der Waals surface area contributed by atoms with Crippen molar-refractivity contribution in [2.24, 2.45) is 13.0 Å². The van der Waals surface area contributed by atoms with E-state index in [1.807, 2.05) is 6.07 Å². The molecule has 200 valence electrons. The van der Waals surface area contributed by atoms with Gasteiger partial charge in [0.2, 0.25) is 11.8 Å². The average molecular weight is 512 g/mol. The smallest absolute Gasteiger partial charge is 0.271 e. The summed E-state index contributed by atoms with van der Waals surface area (Å²) in [7, 11) is 5.04. The molecule has 1 atom stereocenters. The number of ether oxygens (including phenoxy) is 1. The molecule has 2 aromatic rings. The van der Waals surface area contributed by atoms with E-state index in [-0.39, 0.29) is 30.2 Å². The summed E-state index contributed by atoms with van der Waals surface area (Å²) in [6.45, 7) is 1.63. The number of nitrogens with one attached hydrogen (secondary N) is 2. The highest BCUT2D eigenvalue weighted by Crippen LogP contribution is 2.30. The van der Waals surface area contributed by atoms with Gasteiger partial charge in [0.25, 0.3) is 5.91 Å². The predicted octanol–water partition coefficient (Wildman–Crippen LogP) is 1.57. The molecule has 2 aliphatic rings. The molecular formula is C27H37N5O5. The Morgan fingerprint density at radius 2 is 1.76 bits per heavy atom. The topological polar surface area (TPSA) is 113 Å². The van der Waals surface area contributed by atoms with Crippen molar-refractivity contribution in [3.8, 4) is 5.75 Å². The summed E-state index contributed by atoms with van der Waals surface area (Å²) in [4.78, 5) is 54.9. The maximum Gasteiger partial charge on any atom is 0.271 e. The normalized spacial score (nSPS) is 17.5. The Bertz CT molecular complexity index is 1160. The number of piperazine rings is 1. The first-order valence-electron chi connectivity index (χ1n) is 13.0. The fourth-order valence-corrected chi connectivity index (χ4v) is 5.66. The third-order valence-electron chi connectivity index (χ3n) is 7.69. The van der Waals surface area contributed by atoms with Gasteiger partial charge in [-0.15, -0.1) is 0 Å². The summed E-state index contributed by atoms with van der Waals surface area (Å²) in [5.41, 5.74) is 1.43. The first-order valence-corrected chi connectivity index (χ1v) is 13.0. The van der Waals surface area contributed by atoms with Crippen LogP contribution in [0, 0.1) is 5.92 Å². The van der Waals surface area contributed by atoms with Gasteiger partial charge in [-0.3, -0.25) is 19.2 Å². The van der Waals surface area contributed by atoms with Crippen molar-refractivity contribution in [1.82, 2.24) is 25.0 Å². The van der Waals surface area contributed by atoms with Crippen molar-refractivity contribution >= 4 is 34.9 Å². The molecule has 10 heteroatoms. The van der Waals surface area contributed by atoms with Gasteiger partial charge < -0.3 is 29.7 Å². The van der Waals surface area contributed by atoms with Crippen LogP contribution in [0.5, 0.6) is 5.75 Å². The molecule has 0 spiro atoms. The summed E-state index contributed by atoms with van der Waals surface area (Å²) in [5.74, 6) is 0.274. The first-order chi connectivity index (χ1) is 17.9. The average Bonchev–Trinajstić information content (AvgIpc) is 3.22. The molecule has 1 aliphatic heterocycles. The van der Waals surface area contributed by atoms with Gasteiger partial charge >= 0.3 is 0 Å². The van der Waals surface area contributed by atoms with Crippen LogP contribution in [0.4, 0.5) is 0 Å². The Labute approximate surface area is 217 Å². The molecular weight excluding hydrogens is 474 g/mol. The Balaban J connectivity index is 1.48. The minimum Gasteiger partial charge on any atom is -0.497 e. The van der Waals surface area contributed by atoms with E-state index in [1.54, 1.807) is 47.7 Å². The van der Waals surface area contributed by atoms with Gasteiger partial charge in [0, 0.05) is 44.7 Å². The third-order valence-corrected chi connectivity index (χ3v) is 7.69. The van der Waals surface area contributed by atoms with Crippen molar-refractivity contribution in [3.05, 3.63) is 29.5 Å². The van der Waals surface area contributed by atoms with Crippen molar-refractivity contribution in [2.45, 2.75) is 38.1 Å². The number of aldehydes is 1. The Morgan fingerprint density at radius 3 is 2.38 bits per heavy atom.